The Morgan fingerprint density at radius 1 is 1.22 bits per heavy atom. The molecule has 4 atom stereocenters. The minimum Gasteiger partial charge on any atom is -0.477 e. The maximum absolute atomic E-state index is 10.8. The normalized spacial score (nSPS) is 23.4. The van der Waals surface area contributed by atoms with Gasteiger partial charge in [0.2, 0.25) is 0 Å². The van der Waals surface area contributed by atoms with Gasteiger partial charge in [-0.3, -0.25) is 0 Å². The third-order valence-corrected chi connectivity index (χ3v) is 5.48. The van der Waals surface area contributed by atoms with Crippen LogP contribution >= 0.6 is 0 Å². The summed E-state index contributed by atoms with van der Waals surface area (Å²) in [6.07, 6.45) is 20.7. The molecule has 1 rings (SSSR count). The zero-order chi connectivity index (χ0) is 20.3. The van der Waals surface area contributed by atoms with Gasteiger partial charge in [0.25, 0.3) is 5.79 Å². The average molecular weight is 377 g/mol. The lowest BCUT2D eigenvalue weighted by atomic mass is 9.83. The Morgan fingerprint density at radius 2 is 1.96 bits per heavy atom. The summed E-state index contributed by atoms with van der Waals surface area (Å²) >= 11 is 0. The number of carboxylic acid groups (broad SMARTS) is 1. The van der Waals surface area contributed by atoms with E-state index in [1.54, 1.807) is 0 Å². The van der Waals surface area contributed by atoms with Gasteiger partial charge in [-0.2, -0.15) is 0 Å². The van der Waals surface area contributed by atoms with Crippen LogP contribution in [0.3, 0.4) is 0 Å². The van der Waals surface area contributed by atoms with E-state index in [2.05, 4.69) is 43.9 Å². The summed E-state index contributed by atoms with van der Waals surface area (Å²) in [6.45, 7) is 5.87. The molecule has 0 aromatic rings. The van der Waals surface area contributed by atoms with Crippen LogP contribution in [0.2, 0.25) is 0 Å². The van der Waals surface area contributed by atoms with E-state index in [0.29, 0.717) is 17.8 Å². The van der Waals surface area contributed by atoms with Crippen molar-refractivity contribution in [2.45, 2.75) is 71.5 Å². The second kappa shape index (κ2) is 12.0. The molecule has 0 aromatic heterocycles. The monoisotopic (exact) mass is 376 g/mol. The molecule has 3 N–H and O–H groups in total. The van der Waals surface area contributed by atoms with Crippen molar-refractivity contribution in [1.29, 1.82) is 0 Å². The molecule has 1 aliphatic rings. The number of carbonyl (C=O) groups is 1. The maximum atomic E-state index is 10.8. The Morgan fingerprint density at radius 3 is 2.59 bits per heavy atom. The van der Waals surface area contributed by atoms with Crippen LogP contribution in [0.4, 0.5) is 0 Å². The van der Waals surface area contributed by atoms with Crippen molar-refractivity contribution in [2.75, 3.05) is 0 Å². The highest BCUT2D eigenvalue weighted by Gasteiger charge is 2.38. The number of aliphatic carboxylic acids is 1. The van der Waals surface area contributed by atoms with Gasteiger partial charge in [0.05, 0.1) is 0 Å². The summed E-state index contributed by atoms with van der Waals surface area (Å²) < 4.78 is 0. The van der Waals surface area contributed by atoms with Crippen molar-refractivity contribution < 1.29 is 20.1 Å². The lowest BCUT2D eigenvalue weighted by Crippen LogP contribution is -2.43. The van der Waals surface area contributed by atoms with Crippen molar-refractivity contribution in [3.8, 4) is 0 Å². The summed E-state index contributed by atoms with van der Waals surface area (Å²) in [5.74, 6) is -3.91. The third kappa shape index (κ3) is 7.50. The van der Waals surface area contributed by atoms with E-state index in [0.717, 1.165) is 19.3 Å². The van der Waals surface area contributed by atoms with Crippen molar-refractivity contribution in [1.82, 2.24) is 0 Å². The van der Waals surface area contributed by atoms with E-state index >= 15 is 0 Å². The van der Waals surface area contributed by atoms with Crippen LogP contribution in [-0.2, 0) is 4.79 Å². The molecule has 0 radical (unpaired) electrons. The standard InChI is InChI=1S/C23H36O4/c1-4-6-7-8-9-10-14-20-17-16-19(5-2)21(20)15-12-11-13-18(3)23(26,27)22(24)25/h10,12-14,16-21,26-27H,4-9,15H2,1-3H3,(H,24,25)/t11?,18?,19-,20-,21+/m0/s1. The fourth-order valence-electron chi connectivity index (χ4n) is 3.49. The largest absolute Gasteiger partial charge is 0.477 e. The van der Waals surface area contributed by atoms with E-state index in [1.165, 1.54) is 38.7 Å². The van der Waals surface area contributed by atoms with Crippen molar-refractivity contribution in [3.63, 3.8) is 0 Å². The van der Waals surface area contributed by atoms with Crippen LogP contribution in [0.25, 0.3) is 0 Å². The van der Waals surface area contributed by atoms with Crippen molar-refractivity contribution in [3.05, 3.63) is 42.2 Å². The molecule has 0 aliphatic heterocycles. The molecule has 0 amide bonds. The van der Waals surface area contributed by atoms with E-state index in [4.69, 9.17) is 5.11 Å². The number of hydrogen-bond acceptors (Lipinski definition) is 3. The summed E-state index contributed by atoms with van der Waals surface area (Å²) in [5, 5.41) is 27.9. The first kappa shape index (κ1) is 23.4. The van der Waals surface area contributed by atoms with Gasteiger partial charge in [-0.05, 0) is 55.6 Å². The fraction of sp³-hybridized carbons (Fsp3) is 0.652. The molecule has 4 nitrogen and oxygen atoms in total. The van der Waals surface area contributed by atoms with E-state index in [1.807, 2.05) is 6.08 Å². The first-order chi connectivity index (χ1) is 12.8. The summed E-state index contributed by atoms with van der Waals surface area (Å²) in [5.41, 5.74) is 2.94. The van der Waals surface area contributed by atoms with Crippen LogP contribution in [0.5, 0.6) is 0 Å². The van der Waals surface area contributed by atoms with Crippen LogP contribution in [0.15, 0.2) is 42.2 Å². The van der Waals surface area contributed by atoms with Crippen LogP contribution < -0.4 is 0 Å². The molecular weight excluding hydrogens is 340 g/mol. The van der Waals surface area contributed by atoms with E-state index < -0.39 is 17.7 Å². The minimum atomic E-state index is -2.76. The molecule has 1 unspecified atom stereocenters. The number of allylic oxidation sites excluding steroid dienone is 4. The van der Waals surface area contributed by atoms with Gasteiger partial charge in [0, 0.05) is 5.92 Å². The van der Waals surface area contributed by atoms with Gasteiger partial charge in [-0.15, -0.1) is 5.73 Å². The zero-order valence-corrected chi connectivity index (χ0v) is 17.0. The number of aliphatic hydroxyl groups is 2. The number of carboxylic acids is 1. The first-order valence-corrected chi connectivity index (χ1v) is 10.3. The maximum Gasteiger partial charge on any atom is 0.364 e. The second-order valence-electron chi connectivity index (χ2n) is 7.57. The molecule has 0 spiro atoms. The van der Waals surface area contributed by atoms with Gasteiger partial charge in [0.1, 0.15) is 0 Å². The summed E-state index contributed by atoms with van der Waals surface area (Å²) in [6, 6.07) is 0. The highest BCUT2D eigenvalue weighted by atomic mass is 16.5. The predicted molar refractivity (Wildman–Crippen MR) is 109 cm³/mol. The van der Waals surface area contributed by atoms with Crippen molar-refractivity contribution >= 4 is 5.97 Å². The van der Waals surface area contributed by atoms with E-state index in [-0.39, 0.29) is 0 Å². The van der Waals surface area contributed by atoms with Gasteiger partial charge in [-0.25, -0.2) is 4.79 Å². The number of rotatable bonds is 12. The van der Waals surface area contributed by atoms with Crippen LogP contribution in [0.1, 0.15) is 65.7 Å². The Balaban J connectivity index is 2.62. The van der Waals surface area contributed by atoms with Crippen molar-refractivity contribution in [2.24, 2.45) is 23.7 Å². The molecule has 0 heterocycles. The topological polar surface area (TPSA) is 77.8 Å². The van der Waals surface area contributed by atoms with Crippen LogP contribution in [0, 0.1) is 23.7 Å². The SMILES string of the molecule is CCCCCCC=C[C@H]1C=C[C@H](CC)[C@H]1CC=C=CC(C)C(O)(O)C(=O)O. The second-order valence-corrected chi connectivity index (χ2v) is 7.57. The lowest BCUT2D eigenvalue weighted by Gasteiger charge is -2.21. The number of hydrogen-bond donors (Lipinski definition) is 3. The Labute approximate surface area is 164 Å². The van der Waals surface area contributed by atoms with E-state index in [9.17, 15) is 15.0 Å². The average Bonchev–Trinajstić information content (AvgIpc) is 3.03. The molecular formula is C23H36O4. The molecule has 1 aliphatic carbocycles. The fourth-order valence-corrected chi connectivity index (χ4v) is 3.49. The van der Waals surface area contributed by atoms with Gasteiger partial charge in [0.15, 0.2) is 0 Å². The molecule has 0 saturated carbocycles. The molecule has 0 bridgehead atoms. The lowest BCUT2D eigenvalue weighted by molar-refractivity contribution is -0.214. The van der Waals surface area contributed by atoms with Crippen LogP contribution in [-0.4, -0.2) is 27.1 Å². The highest BCUT2D eigenvalue weighted by Crippen LogP contribution is 2.36. The van der Waals surface area contributed by atoms with Gasteiger partial charge < -0.3 is 15.3 Å². The highest BCUT2D eigenvalue weighted by molar-refractivity contribution is 5.75. The Hall–Kier alpha value is -1.61. The zero-order valence-electron chi connectivity index (χ0n) is 17.0. The third-order valence-electron chi connectivity index (χ3n) is 5.48. The smallest absolute Gasteiger partial charge is 0.364 e. The predicted octanol–water partition coefficient (Wildman–Crippen LogP) is 4.84. The minimum absolute atomic E-state index is 0.422. The first-order valence-electron chi connectivity index (χ1n) is 10.3. The molecule has 0 fully saturated rings. The van der Waals surface area contributed by atoms with Gasteiger partial charge in [-0.1, -0.05) is 64.3 Å². The quantitative estimate of drug-likeness (QED) is 0.197. The summed E-state index contributed by atoms with van der Waals surface area (Å²) in [7, 11) is 0. The number of unbranched alkanes of at least 4 members (excludes halogenated alkanes) is 4. The Kier molecular flexibility index (Phi) is 10.4. The molecule has 152 valence electrons. The molecule has 27 heavy (non-hydrogen) atoms. The Bertz CT molecular complexity index is 567. The summed E-state index contributed by atoms with van der Waals surface area (Å²) in [4.78, 5) is 10.8. The molecule has 0 saturated heterocycles. The van der Waals surface area contributed by atoms with Gasteiger partial charge >= 0.3 is 5.97 Å². The molecule has 0 aromatic carbocycles. The molecule has 4 heteroatoms.